The molecule has 0 aromatic heterocycles. The van der Waals surface area contributed by atoms with E-state index in [1.54, 1.807) is 42.5 Å². The molecular formula is C15H14N2O2. The number of hydrogen-bond donors (Lipinski definition) is 3. The van der Waals surface area contributed by atoms with Crippen molar-refractivity contribution in [3.8, 4) is 5.75 Å². The van der Waals surface area contributed by atoms with Crippen LogP contribution in [0.1, 0.15) is 11.1 Å². The van der Waals surface area contributed by atoms with Crippen LogP contribution >= 0.6 is 0 Å². The van der Waals surface area contributed by atoms with Crippen molar-refractivity contribution < 1.29 is 9.90 Å². The second kappa shape index (κ2) is 5.84. The zero-order valence-corrected chi connectivity index (χ0v) is 10.2. The van der Waals surface area contributed by atoms with E-state index >= 15 is 0 Å². The third kappa shape index (κ3) is 3.00. The van der Waals surface area contributed by atoms with Crippen molar-refractivity contribution in [3.63, 3.8) is 0 Å². The lowest BCUT2D eigenvalue weighted by Crippen LogP contribution is -2.30. The Morgan fingerprint density at radius 1 is 1.05 bits per heavy atom. The zero-order valence-electron chi connectivity index (χ0n) is 10.2. The Morgan fingerprint density at radius 2 is 1.68 bits per heavy atom. The monoisotopic (exact) mass is 254 g/mol. The molecule has 96 valence electrons. The molecule has 19 heavy (non-hydrogen) atoms. The second-order valence-electron chi connectivity index (χ2n) is 3.96. The third-order valence-corrected chi connectivity index (χ3v) is 2.70. The fourth-order valence-electron chi connectivity index (χ4n) is 1.74. The summed E-state index contributed by atoms with van der Waals surface area (Å²) in [6, 6.07) is 15.9. The number of benzene rings is 2. The standard InChI is InChI=1S/C15H14N2O2/c16-17-15(19)13(11-6-2-1-3-7-11)10-12-8-4-5-9-14(12)18/h1-10,18H,16H2,(H,17,19). The van der Waals surface area contributed by atoms with Gasteiger partial charge in [0.05, 0.1) is 0 Å². The molecule has 0 radical (unpaired) electrons. The molecule has 2 rings (SSSR count). The molecule has 0 unspecified atom stereocenters. The number of rotatable bonds is 3. The van der Waals surface area contributed by atoms with Gasteiger partial charge in [-0.25, -0.2) is 5.84 Å². The van der Waals surface area contributed by atoms with E-state index in [1.165, 1.54) is 0 Å². The minimum absolute atomic E-state index is 0.112. The first-order chi connectivity index (χ1) is 9.22. The van der Waals surface area contributed by atoms with Gasteiger partial charge in [0.2, 0.25) is 0 Å². The lowest BCUT2D eigenvalue weighted by atomic mass is 10.0. The van der Waals surface area contributed by atoms with Crippen LogP contribution in [0.3, 0.4) is 0 Å². The number of hydrazine groups is 1. The van der Waals surface area contributed by atoms with Crippen LogP contribution in [0.4, 0.5) is 0 Å². The van der Waals surface area contributed by atoms with Gasteiger partial charge in [-0.05, 0) is 17.7 Å². The summed E-state index contributed by atoms with van der Waals surface area (Å²) < 4.78 is 0. The highest BCUT2D eigenvalue weighted by atomic mass is 16.3. The average molecular weight is 254 g/mol. The van der Waals surface area contributed by atoms with Crippen molar-refractivity contribution in [2.75, 3.05) is 0 Å². The van der Waals surface area contributed by atoms with Crippen LogP contribution in [0.15, 0.2) is 54.6 Å². The fraction of sp³-hybridized carbons (Fsp3) is 0. The first-order valence-electron chi connectivity index (χ1n) is 5.78. The lowest BCUT2D eigenvalue weighted by Gasteiger charge is -2.07. The molecule has 0 saturated heterocycles. The summed E-state index contributed by atoms with van der Waals surface area (Å²) >= 11 is 0. The number of nitrogens with one attached hydrogen (secondary N) is 1. The summed E-state index contributed by atoms with van der Waals surface area (Å²) in [5, 5.41) is 9.75. The Morgan fingerprint density at radius 3 is 2.32 bits per heavy atom. The summed E-state index contributed by atoms with van der Waals surface area (Å²) in [5.74, 6) is 4.90. The maximum absolute atomic E-state index is 11.8. The SMILES string of the molecule is NNC(=O)C(=Cc1ccccc1O)c1ccccc1. The summed E-state index contributed by atoms with van der Waals surface area (Å²) in [4.78, 5) is 11.8. The van der Waals surface area contributed by atoms with Gasteiger partial charge in [0.25, 0.3) is 5.91 Å². The Labute approximate surface area is 111 Å². The number of hydrogen-bond acceptors (Lipinski definition) is 3. The van der Waals surface area contributed by atoms with Crippen LogP contribution in [0.25, 0.3) is 11.6 Å². The lowest BCUT2D eigenvalue weighted by molar-refractivity contribution is -0.115. The number of phenolic OH excluding ortho intramolecular Hbond substituents is 1. The number of amides is 1. The molecule has 4 N–H and O–H groups in total. The highest BCUT2D eigenvalue weighted by molar-refractivity contribution is 6.24. The summed E-state index contributed by atoms with van der Waals surface area (Å²) in [5.41, 5.74) is 3.80. The van der Waals surface area contributed by atoms with Crippen LogP contribution in [0.2, 0.25) is 0 Å². The first-order valence-corrected chi connectivity index (χ1v) is 5.78. The van der Waals surface area contributed by atoms with E-state index in [2.05, 4.69) is 5.43 Å². The maximum Gasteiger partial charge on any atom is 0.265 e. The van der Waals surface area contributed by atoms with Gasteiger partial charge in [0, 0.05) is 11.1 Å². The molecule has 1 amide bonds. The largest absolute Gasteiger partial charge is 0.507 e. The van der Waals surface area contributed by atoms with E-state index in [0.717, 1.165) is 5.56 Å². The number of carbonyl (C=O) groups is 1. The molecule has 0 aliphatic rings. The van der Waals surface area contributed by atoms with Crippen molar-refractivity contribution in [1.29, 1.82) is 0 Å². The molecule has 0 bridgehead atoms. The Bertz CT molecular complexity index is 607. The fourth-order valence-corrected chi connectivity index (χ4v) is 1.74. The molecule has 2 aromatic carbocycles. The molecule has 0 atom stereocenters. The number of aromatic hydroxyl groups is 1. The van der Waals surface area contributed by atoms with E-state index in [-0.39, 0.29) is 5.75 Å². The predicted octanol–water partition coefficient (Wildman–Crippen LogP) is 1.92. The number of nitrogens with two attached hydrogens (primary N) is 1. The Kier molecular flexibility index (Phi) is 3.95. The summed E-state index contributed by atoms with van der Waals surface area (Å²) in [6.45, 7) is 0. The number of para-hydroxylation sites is 1. The van der Waals surface area contributed by atoms with Crippen LogP contribution in [0, 0.1) is 0 Å². The van der Waals surface area contributed by atoms with Crippen LogP contribution < -0.4 is 11.3 Å². The van der Waals surface area contributed by atoms with Crippen molar-refractivity contribution in [3.05, 3.63) is 65.7 Å². The predicted molar refractivity (Wildman–Crippen MR) is 74.7 cm³/mol. The molecule has 0 fully saturated rings. The minimum Gasteiger partial charge on any atom is -0.507 e. The van der Waals surface area contributed by atoms with Gasteiger partial charge in [0.15, 0.2) is 0 Å². The van der Waals surface area contributed by atoms with Gasteiger partial charge >= 0.3 is 0 Å². The molecule has 4 heteroatoms. The molecule has 0 saturated carbocycles. The van der Waals surface area contributed by atoms with Crippen LogP contribution in [0.5, 0.6) is 5.75 Å². The number of carbonyl (C=O) groups excluding carboxylic acids is 1. The van der Waals surface area contributed by atoms with Gasteiger partial charge in [-0.3, -0.25) is 10.2 Å². The van der Waals surface area contributed by atoms with Crippen molar-refractivity contribution in [1.82, 2.24) is 5.43 Å². The van der Waals surface area contributed by atoms with Crippen molar-refractivity contribution in [2.24, 2.45) is 5.84 Å². The van der Waals surface area contributed by atoms with Gasteiger partial charge < -0.3 is 5.11 Å². The zero-order chi connectivity index (χ0) is 13.7. The van der Waals surface area contributed by atoms with Crippen LogP contribution in [-0.4, -0.2) is 11.0 Å². The maximum atomic E-state index is 11.8. The van der Waals surface area contributed by atoms with Gasteiger partial charge in [0.1, 0.15) is 5.75 Å². The second-order valence-corrected chi connectivity index (χ2v) is 3.96. The van der Waals surface area contributed by atoms with E-state index in [4.69, 9.17) is 5.84 Å². The normalized spacial score (nSPS) is 11.1. The van der Waals surface area contributed by atoms with E-state index < -0.39 is 5.91 Å². The Hall–Kier alpha value is -2.59. The minimum atomic E-state index is -0.408. The number of phenols is 1. The van der Waals surface area contributed by atoms with Gasteiger partial charge in [-0.2, -0.15) is 0 Å². The van der Waals surface area contributed by atoms with Gasteiger partial charge in [-0.15, -0.1) is 0 Å². The highest BCUT2D eigenvalue weighted by Gasteiger charge is 2.11. The average Bonchev–Trinajstić information content (AvgIpc) is 2.46. The molecule has 2 aromatic rings. The Balaban J connectivity index is 2.51. The molecule has 0 aliphatic heterocycles. The summed E-state index contributed by atoms with van der Waals surface area (Å²) in [7, 11) is 0. The van der Waals surface area contributed by atoms with E-state index in [9.17, 15) is 9.90 Å². The van der Waals surface area contributed by atoms with Crippen LogP contribution in [-0.2, 0) is 4.79 Å². The molecule has 0 spiro atoms. The van der Waals surface area contributed by atoms with E-state index in [0.29, 0.717) is 11.1 Å². The smallest absolute Gasteiger partial charge is 0.265 e. The van der Waals surface area contributed by atoms with Crippen molar-refractivity contribution in [2.45, 2.75) is 0 Å². The van der Waals surface area contributed by atoms with E-state index in [1.807, 2.05) is 18.2 Å². The van der Waals surface area contributed by atoms with Crippen molar-refractivity contribution >= 4 is 17.6 Å². The third-order valence-electron chi connectivity index (χ3n) is 2.70. The van der Waals surface area contributed by atoms with Gasteiger partial charge in [-0.1, -0.05) is 48.5 Å². The molecule has 0 aliphatic carbocycles. The molecule has 4 nitrogen and oxygen atoms in total. The quantitative estimate of drug-likeness (QED) is 0.257. The topological polar surface area (TPSA) is 75.3 Å². The molecule has 0 heterocycles. The highest BCUT2D eigenvalue weighted by Crippen LogP contribution is 2.23. The molecular weight excluding hydrogens is 240 g/mol. The first kappa shape index (κ1) is 12.9. The summed E-state index contributed by atoms with van der Waals surface area (Å²) in [6.07, 6.45) is 1.60.